The van der Waals surface area contributed by atoms with E-state index in [2.05, 4.69) is 0 Å². The predicted molar refractivity (Wildman–Crippen MR) is 75.4 cm³/mol. The smallest absolute Gasteiger partial charge is 0.194 e. The van der Waals surface area contributed by atoms with Gasteiger partial charge in [-0.1, -0.05) is 18.2 Å². The minimum absolute atomic E-state index is 0.161. The summed E-state index contributed by atoms with van der Waals surface area (Å²) in [5.74, 6) is -1.86. The number of aryl methyl sites for hydroxylation is 2. The Bertz CT molecular complexity index is 692. The first-order valence-corrected chi connectivity index (χ1v) is 7.32. The maximum Gasteiger partial charge on any atom is 0.194 e. The van der Waals surface area contributed by atoms with E-state index in [0.717, 1.165) is 19.3 Å². The Balaban J connectivity index is 1.95. The second kappa shape index (κ2) is 5.18. The Labute approximate surface area is 120 Å². The van der Waals surface area contributed by atoms with Crippen LogP contribution in [0.5, 0.6) is 0 Å². The maximum atomic E-state index is 13.8. The van der Waals surface area contributed by atoms with Crippen molar-refractivity contribution in [1.29, 1.82) is 5.26 Å². The molecular formula is C16H12FNOS. The molecule has 1 aliphatic carbocycles. The Morgan fingerprint density at radius 1 is 1.35 bits per heavy atom. The standard InChI is InChI=1S/C16H12FNOS/c17-13-6-2-1-5-11(13)12(9-18)16(19)15-8-10-4-3-7-14(10)20-15/h1-2,5-6,8,12H,3-4,7H2. The first-order chi connectivity index (χ1) is 9.70. The molecule has 1 unspecified atom stereocenters. The van der Waals surface area contributed by atoms with Gasteiger partial charge >= 0.3 is 0 Å². The van der Waals surface area contributed by atoms with Crippen molar-refractivity contribution >= 4 is 17.1 Å². The average Bonchev–Trinajstić information content (AvgIpc) is 3.02. The molecule has 0 spiro atoms. The number of carbonyl (C=O) groups is 1. The fourth-order valence-corrected chi connectivity index (χ4v) is 3.79. The summed E-state index contributed by atoms with van der Waals surface area (Å²) in [6.45, 7) is 0. The SMILES string of the molecule is N#CC(C(=O)c1cc2c(s1)CCC2)c1ccccc1F. The van der Waals surface area contributed by atoms with Crippen LogP contribution in [0.3, 0.4) is 0 Å². The number of hydrogen-bond acceptors (Lipinski definition) is 3. The fourth-order valence-electron chi connectivity index (χ4n) is 2.57. The number of carbonyl (C=O) groups excluding carboxylic acids is 1. The Morgan fingerprint density at radius 3 is 2.85 bits per heavy atom. The highest BCUT2D eigenvalue weighted by Crippen LogP contribution is 2.33. The van der Waals surface area contributed by atoms with Gasteiger partial charge in [0.15, 0.2) is 5.78 Å². The molecule has 1 aromatic heterocycles. The zero-order chi connectivity index (χ0) is 14.1. The monoisotopic (exact) mass is 285 g/mol. The zero-order valence-electron chi connectivity index (χ0n) is 10.7. The van der Waals surface area contributed by atoms with Crippen molar-refractivity contribution in [2.75, 3.05) is 0 Å². The normalized spacial score (nSPS) is 14.6. The van der Waals surface area contributed by atoms with E-state index in [0.29, 0.717) is 4.88 Å². The predicted octanol–water partition coefficient (Wildman–Crippen LogP) is 3.87. The van der Waals surface area contributed by atoms with Gasteiger partial charge in [-0.15, -0.1) is 11.3 Å². The van der Waals surface area contributed by atoms with Crippen LogP contribution in [-0.2, 0) is 12.8 Å². The molecule has 0 fully saturated rings. The van der Waals surface area contributed by atoms with Crippen LogP contribution in [0.2, 0.25) is 0 Å². The Hall–Kier alpha value is -1.99. The third-order valence-electron chi connectivity index (χ3n) is 3.60. The second-order valence-electron chi connectivity index (χ2n) is 4.86. The molecule has 2 aromatic rings. The lowest BCUT2D eigenvalue weighted by Crippen LogP contribution is -2.11. The summed E-state index contributed by atoms with van der Waals surface area (Å²) in [5, 5.41) is 9.25. The molecule has 1 atom stereocenters. The quantitative estimate of drug-likeness (QED) is 0.803. The van der Waals surface area contributed by atoms with Crippen LogP contribution in [0, 0.1) is 17.1 Å². The minimum Gasteiger partial charge on any atom is -0.291 e. The van der Waals surface area contributed by atoms with Gasteiger partial charge in [-0.25, -0.2) is 4.39 Å². The molecule has 2 nitrogen and oxygen atoms in total. The molecule has 1 heterocycles. The lowest BCUT2D eigenvalue weighted by Gasteiger charge is -2.08. The van der Waals surface area contributed by atoms with Crippen LogP contribution in [-0.4, -0.2) is 5.78 Å². The highest BCUT2D eigenvalue weighted by molar-refractivity contribution is 7.14. The van der Waals surface area contributed by atoms with Crippen molar-refractivity contribution in [1.82, 2.24) is 0 Å². The van der Waals surface area contributed by atoms with Crippen LogP contribution in [0.4, 0.5) is 4.39 Å². The summed E-state index contributed by atoms with van der Waals surface area (Å²) in [6.07, 6.45) is 3.13. The van der Waals surface area contributed by atoms with Gasteiger partial charge in [-0.3, -0.25) is 4.79 Å². The molecule has 0 saturated carbocycles. The average molecular weight is 285 g/mol. The summed E-state index contributed by atoms with van der Waals surface area (Å²) >= 11 is 1.45. The van der Waals surface area contributed by atoms with Crippen molar-refractivity contribution in [3.05, 3.63) is 57.0 Å². The van der Waals surface area contributed by atoms with Gasteiger partial charge in [0.1, 0.15) is 11.7 Å². The summed E-state index contributed by atoms with van der Waals surface area (Å²) in [4.78, 5) is 14.3. The molecule has 0 amide bonds. The maximum absolute atomic E-state index is 13.8. The highest BCUT2D eigenvalue weighted by atomic mass is 32.1. The van der Waals surface area contributed by atoms with Crippen LogP contribution < -0.4 is 0 Å². The molecule has 0 aliphatic heterocycles. The summed E-state index contributed by atoms with van der Waals surface area (Å²) in [5.41, 5.74) is 1.37. The molecule has 0 saturated heterocycles. The molecule has 1 aromatic carbocycles. The number of nitrogens with zero attached hydrogens (tertiary/aromatic N) is 1. The van der Waals surface area contributed by atoms with Gasteiger partial charge in [0.25, 0.3) is 0 Å². The van der Waals surface area contributed by atoms with E-state index in [1.807, 2.05) is 12.1 Å². The molecule has 0 bridgehead atoms. The van der Waals surface area contributed by atoms with Crippen molar-refractivity contribution < 1.29 is 9.18 Å². The first kappa shape index (κ1) is 13.0. The highest BCUT2D eigenvalue weighted by Gasteiger charge is 2.27. The second-order valence-corrected chi connectivity index (χ2v) is 6.00. The minimum atomic E-state index is -1.06. The lowest BCUT2D eigenvalue weighted by molar-refractivity contribution is 0.0981. The summed E-state index contributed by atoms with van der Waals surface area (Å²) in [7, 11) is 0. The van der Waals surface area contributed by atoms with Crippen LogP contribution in [0.1, 0.15) is 38.0 Å². The van der Waals surface area contributed by atoms with Crippen LogP contribution in [0.25, 0.3) is 0 Å². The number of ketones is 1. The van der Waals surface area contributed by atoms with Crippen LogP contribution in [0.15, 0.2) is 30.3 Å². The molecule has 3 rings (SSSR count). The molecule has 100 valence electrons. The summed E-state index contributed by atoms with van der Waals surface area (Å²) in [6, 6.07) is 9.79. The molecular weight excluding hydrogens is 273 g/mol. The largest absolute Gasteiger partial charge is 0.291 e. The Morgan fingerprint density at radius 2 is 2.15 bits per heavy atom. The molecule has 0 N–H and O–H groups in total. The van der Waals surface area contributed by atoms with Crippen molar-refractivity contribution in [3.8, 4) is 6.07 Å². The van der Waals surface area contributed by atoms with Gasteiger partial charge in [-0.2, -0.15) is 5.26 Å². The van der Waals surface area contributed by atoms with E-state index in [-0.39, 0.29) is 11.3 Å². The van der Waals surface area contributed by atoms with Gasteiger partial charge in [-0.05, 0) is 37.0 Å². The number of Topliss-reactive ketones (excluding diaryl/α,β-unsaturated/α-hetero) is 1. The number of fused-ring (bicyclic) bond motifs is 1. The van der Waals surface area contributed by atoms with E-state index in [4.69, 9.17) is 0 Å². The molecule has 0 radical (unpaired) electrons. The molecule has 1 aliphatic rings. The van der Waals surface area contributed by atoms with E-state index >= 15 is 0 Å². The molecule has 20 heavy (non-hydrogen) atoms. The number of rotatable bonds is 3. The summed E-state index contributed by atoms with van der Waals surface area (Å²) < 4.78 is 13.8. The van der Waals surface area contributed by atoms with E-state index < -0.39 is 11.7 Å². The van der Waals surface area contributed by atoms with Gasteiger partial charge in [0.2, 0.25) is 0 Å². The zero-order valence-corrected chi connectivity index (χ0v) is 11.5. The third-order valence-corrected chi connectivity index (χ3v) is 4.85. The van der Waals surface area contributed by atoms with Gasteiger partial charge < -0.3 is 0 Å². The fraction of sp³-hybridized carbons (Fsp3) is 0.250. The van der Waals surface area contributed by atoms with Crippen molar-refractivity contribution in [3.63, 3.8) is 0 Å². The van der Waals surface area contributed by atoms with Gasteiger partial charge in [0.05, 0.1) is 10.9 Å². The van der Waals surface area contributed by atoms with E-state index in [1.165, 1.54) is 33.9 Å². The topological polar surface area (TPSA) is 40.9 Å². The third kappa shape index (κ3) is 2.14. The number of benzene rings is 1. The molecule has 4 heteroatoms. The van der Waals surface area contributed by atoms with Crippen molar-refractivity contribution in [2.24, 2.45) is 0 Å². The van der Waals surface area contributed by atoms with E-state index in [9.17, 15) is 14.4 Å². The van der Waals surface area contributed by atoms with Crippen LogP contribution >= 0.6 is 11.3 Å². The number of nitriles is 1. The number of hydrogen-bond donors (Lipinski definition) is 0. The Kier molecular flexibility index (Phi) is 3.37. The number of halogens is 1. The van der Waals surface area contributed by atoms with E-state index in [1.54, 1.807) is 12.1 Å². The first-order valence-electron chi connectivity index (χ1n) is 6.50. The lowest BCUT2D eigenvalue weighted by atomic mass is 9.94. The van der Waals surface area contributed by atoms with Crippen molar-refractivity contribution in [2.45, 2.75) is 25.2 Å². The number of thiophene rings is 1. The van der Waals surface area contributed by atoms with Gasteiger partial charge in [0, 0.05) is 10.4 Å².